The van der Waals surface area contributed by atoms with Crippen molar-refractivity contribution in [1.82, 2.24) is 35.1 Å². The van der Waals surface area contributed by atoms with E-state index < -0.39 is 0 Å². The maximum atomic E-state index is 12.6. The predicted octanol–water partition coefficient (Wildman–Crippen LogP) is 1.68. The largest absolute Gasteiger partial charge is 0.497 e. The molecular formula is C17H20N8O2. The van der Waals surface area contributed by atoms with E-state index in [2.05, 4.69) is 31.1 Å². The van der Waals surface area contributed by atoms with Gasteiger partial charge in [-0.05, 0) is 35.3 Å². The van der Waals surface area contributed by atoms with E-state index in [1.165, 1.54) is 11.0 Å². The first-order valence-electron chi connectivity index (χ1n) is 8.61. The molecule has 2 N–H and O–H groups in total. The lowest BCUT2D eigenvalue weighted by Gasteiger charge is -2.19. The molecular weight excluding hydrogens is 348 g/mol. The third kappa shape index (κ3) is 3.73. The first-order chi connectivity index (χ1) is 13.1. The minimum absolute atomic E-state index is 0.116. The molecule has 2 aromatic heterocycles. The Morgan fingerprint density at radius 3 is 2.81 bits per heavy atom. The van der Waals surface area contributed by atoms with Gasteiger partial charge < -0.3 is 19.9 Å². The third-order valence-electron chi connectivity index (χ3n) is 4.52. The smallest absolute Gasteiger partial charge is 0.319 e. The highest BCUT2D eigenvalue weighted by atomic mass is 16.5. The molecule has 0 radical (unpaired) electrons. The summed E-state index contributed by atoms with van der Waals surface area (Å²) in [6.45, 7) is 0. The van der Waals surface area contributed by atoms with Crippen LogP contribution in [0.15, 0.2) is 36.9 Å². The number of tetrazole rings is 1. The monoisotopic (exact) mass is 368 g/mol. The number of aryl methyl sites for hydroxylation is 1. The summed E-state index contributed by atoms with van der Waals surface area (Å²) in [7, 11) is 3.49. The van der Waals surface area contributed by atoms with E-state index in [9.17, 15) is 4.79 Å². The highest BCUT2D eigenvalue weighted by Gasteiger charge is 2.35. The number of benzene rings is 1. The number of carbonyl (C=O) groups excluding carboxylic acids is 1. The van der Waals surface area contributed by atoms with Crippen LogP contribution in [-0.2, 0) is 7.05 Å². The van der Waals surface area contributed by atoms with Crippen LogP contribution in [0.5, 0.6) is 5.75 Å². The molecule has 3 aromatic rings. The number of hydrogen-bond acceptors (Lipinski definition) is 6. The van der Waals surface area contributed by atoms with Crippen LogP contribution >= 0.6 is 0 Å². The molecule has 0 unspecified atom stereocenters. The van der Waals surface area contributed by atoms with Crippen LogP contribution in [-0.4, -0.2) is 42.9 Å². The number of rotatable bonds is 6. The number of anilines is 1. The van der Waals surface area contributed by atoms with Gasteiger partial charge in [-0.3, -0.25) is 0 Å². The average molecular weight is 368 g/mol. The standard InChI is InChI=1S/C17H20N8O2/c1-24-6-5-18-16(24)15(11-3-4-11)21-17(26)20-12-7-13(9-14(8-12)27-2)25-10-19-22-23-25/h5-11,15H,3-4H2,1-2H3,(H2,20,21,26)/t15-/m0/s1. The summed E-state index contributed by atoms with van der Waals surface area (Å²) in [5.74, 6) is 1.85. The van der Waals surface area contributed by atoms with Crippen molar-refractivity contribution in [3.05, 3.63) is 42.7 Å². The highest BCUT2D eigenvalue weighted by Crippen LogP contribution is 2.40. The number of urea groups is 1. The van der Waals surface area contributed by atoms with Gasteiger partial charge in [0, 0.05) is 37.3 Å². The van der Waals surface area contributed by atoms with E-state index in [0.29, 0.717) is 23.0 Å². The molecule has 1 aromatic carbocycles. The van der Waals surface area contributed by atoms with Crippen molar-refractivity contribution in [1.29, 1.82) is 0 Å². The van der Waals surface area contributed by atoms with Crippen molar-refractivity contribution < 1.29 is 9.53 Å². The van der Waals surface area contributed by atoms with E-state index in [4.69, 9.17) is 4.74 Å². The molecule has 2 amide bonds. The lowest BCUT2D eigenvalue weighted by Crippen LogP contribution is -2.35. The van der Waals surface area contributed by atoms with E-state index >= 15 is 0 Å². The average Bonchev–Trinajstić information content (AvgIpc) is 3.17. The fourth-order valence-electron chi connectivity index (χ4n) is 2.99. The van der Waals surface area contributed by atoms with Gasteiger partial charge in [0.25, 0.3) is 0 Å². The molecule has 1 aliphatic carbocycles. The van der Waals surface area contributed by atoms with Gasteiger partial charge in [-0.2, -0.15) is 0 Å². The Morgan fingerprint density at radius 1 is 1.33 bits per heavy atom. The number of hydrogen-bond donors (Lipinski definition) is 2. The number of aromatic nitrogens is 6. The zero-order chi connectivity index (χ0) is 18.8. The van der Waals surface area contributed by atoms with Crippen molar-refractivity contribution in [2.75, 3.05) is 12.4 Å². The second-order valence-corrected chi connectivity index (χ2v) is 6.48. The number of nitrogens with one attached hydrogen (secondary N) is 2. The third-order valence-corrected chi connectivity index (χ3v) is 4.52. The van der Waals surface area contributed by atoms with Crippen LogP contribution in [0.25, 0.3) is 5.69 Å². The van der Waals surface area contributed by atoms with Crippen LogP contribution in [0.2, 0.25) is 0 Å². The van der Waals surface area contributed by atoms with Crippen LogP contribution < -0.4 is 15.4 Å². The summed E-state index contributed by atoms with van der Waals surface area (Å²) >= 11 is 0. The summed E-state index contributed by atoms with van der Waals surface area (Å²) in [5, 5.41) is 17.0. The lowest BCUT2D eigenvalue weighted by atomic mass is 10.1. The van der Waals surface area contributed by atoms with Gasteiger partial charge in [0.15, 0.2) is 0 Å². The Morgan fingerprint density at radius 2 is 2.19 bits per heavy atom. The first-order valence-corrected chi connectivity index (χ1v) is 8.61. The topological polar surface area (TPSA) is 112 Å². The molecule has 140 valence electrons. The first kappa shape index (κ1) is 17.0. The summed E-state index contributed by atoms with van der Waals surface area (Å²) in [4.78, 5) is 17.0. The van der Waals surface area contributed by atoms with Gasteiger partial charge in [-0.25, -0.2) is 14.5 Å². The summed E-state index contributed by atoms with van der Waals surface area (Å²) in [5.41, 5.74) is 1.25. The maximum absolute atomic E-state index is 12.6. The molecule has 0 bridgehead atoms. The normalized spacial score (nSPS) is 14.6. The zero-order valence-electron chi connectivity index (χ0n) is 15.0. The molecule has 2 heterocycles. The van der Waals surface area contributed by atoms with E-state index in [0.717, 1.165) is 18.7 Å². The molecule has 1 aliphatic rings. The van der Waals surface area contributed by atoms with E-state index in [-0.39, 0.29) is 12.1 Å². The number of ether oxygens (including phenoxy) is 1. The fraction of sp³-hybridized carbons (Fsp3) is 0.353. The molecule has 1 atom stereocenters. The summed E-state index contributed by atoms with van der Waals surface area (Å²) in [6, 6.07) is 4.87. The van der Waals surface area contributed by atoms with Gasteiger partial charge in [-0.15, -0.1) is 5.10 Å². The summed E-state index contributed by atoms with van der Waals surface area (Å²) < 4.78 is 8.74. The van der Waals surface area contributed by atoms with Gasteiger partial charge in [-0.1, -0.05) is 0 Å². The lowest BCUT2D eigenvalue weighted by molar-refractivity contribution is 0.246. The molecule has 1 saturated carbocycles. The molecule has 4 rings (SSSR count). The molecule has 10 heteroatoms. The quantitative estimate of drug-likeness (QED) is 0.685. The van der Waals surface area contributed by atoms with Crippen molar-refractivity contribution in [2.45, 2.75) is 18.9 Å². The minimum atomic E-state index is -0.300. The zero-order valence-corrected chi connectivity index (χ0v) is 15.0. The molecule has 0 aliphatic heterocycles. The van der Waals surface area contributed by atoms with Gasteiger partial charge >= 0.3 is 6.03 Å². The van der Waals surface area contributed by atoms with Crippen molar-refractivity contribution in [2.24, 2.45) is 13.0 Å². The number of methoxy groups -OCH3 is 1. The number of imidazole rings is 1. The van der Waals surface area contributed by atoms with Crippen LogP contribution in [0.1, 0.15) is 24.7 Å². The Kier molecular flexibility index (Phi) is 4.45. The van der Waals surface area contributed by atoms with E-state index in [1.54, 1.807) is 31.5 Å². The van der Waals surface area contributed by atoms with Crippen molar-refractivity contribution in [3.63, 3.8) is 0 Å². The Bertz CT molecular complexity index is 932. The Balaban J connectivity index is 1.52. The Hall–Kier alpha value is -3.43. The van der Waals surface area contributed by atoms with E-state index in [1.807, 2.05) is 17.8 Å². The second-order valence-electron chi connectivity index (χ2n) is 6.48. The number of carbonyl (C=O) groups is 1. The van der Waals surface area contributed by atoms with Crippen LogP contribution in [0.3, 0.4) is 0 Å². The van der Waals surface area contributed by atoms with Gasteiger partial charge in [0.05, 0.1) is 18.8 Å². The van der Waals surface area contributed by atoms with Crippen LogP contribution in [0, 0.1) is 5.92 Å². The molecule has 1 fully saturated rings. The highest BCUT2D eigenvalue weighted by molar-refractivity contribution is 5.90. The maximum Gasteiger partial charge on any atom is 0.319 e. The minimum Gasteiger partial charge on any atom is -0.497 e. The van der Waals surface area contributed by atoms with Crippen molar-refractivity contribution in [3.8, 4) is 11.4 Å². The SMILES string of the molecule is COc1cc(NC(=O)N[C@H](c2nccn2C)C2CC2)cc(-n2cnnn2)c1. The predicted molar refractivity (Wildman–Crippen MR) is 96.5 cm³/mol. The molecule has 0 saturated heterocycles. The number of nitrogens with zero attached hydrogens (tertiary/aromatic N) is 6. The molecule has 10 nitrogen and oxygen atoms in total. The Labute approximate surface area is 155 Å². The van der Waals surface area contributed by atoms with Gasteiger partial charge in [0.2, 0.25) is 0 Å². The molecule has 0 spiro atoms. The van der Waals surface area contributed by atoms with Gasteiger partial charge in [0.1, 0.15) is 17.9 Å². The van der Waals surface area contributed by atoms with Crippen molar-refractivity contribution >= 4 is 11.7 Å². The number of amides is 2. The molecule has 27 heavy (non-hydrogen) atoms. The van der Waals surface area contributed by atoms with Crippen LogP contribution in [0.4, 0.5) is 10.5 Å². The second kappa shape index (κ2) is 7.06. The fourth-order valence-corrected chi connectivity index (χ4v) is 2.99. The summed E-state index contributed by atoms with van der Waals surface area (Å²) in [6.07, 6.45) is 7.26.